The molecule has 12 heavy (non-hydrogen) atoms. The molecule has 0 aliphatic carbocycles. The number of nitrogens with two attached hydrogens (primary N) is 2. The highest BCUT2D eigenvalue weighted by atomic mass is 16.1. The third kappa shape index (κ3) is 3.45. The standard InChI is InChI=1S/C6H12N4O2/c1-9-6(8)4(3-11)10-2-5(7)12/h3,9-10H,2,8H2,1H3,(H2,7,12)/b6-4+. The van der Waals surface area contributed by atoms with Crippen molar-refractivity contribution < 1.29 is 9.59 Å². The number of aldehydes is 1. The molecule has 0 atom stereocenters. The van der Waals surface area contributed by atoms with Crippen LogP contribution in [-0.4, -0.2) is 25.8 Å². The molecule has 6 heteroatoms. The molecule has 0 fully saturated rings. The highest BCUT2D eigenvalue weighted by Gasteiger charge is 2.01. The number of amides is 1. The third-order valence-corrected chi connectivity index (χ3v) is 1.13. The van der Waals surface area contributed by atoms with Crippen LogP contribution in [0.15, 0.2) is 11.5 Å². The fourth-order valence-corrected chi connectivity index (χ4v) is 0.517. The minimum absolute atomic E-state index is 0.115. The summed E-state index contributed by atoms with van der Waals surface area (Å²) < 4.78 is 0. The van der Waals surface area contributed by atoms with Crippen molar-refractivity contribution in [3.63, 3.8) is 0 Å². The van der Waals surface area contributed by atoms with Crippen molar-refractivity contribution in [1.82, 2.24) is 10.6 Å². The zero-order valence-corrected chi connectivity index (χ0v) is 6.76. The second-order valence-corrected chi connectivity index (χ2v) is 2.02. The van der Waals surface area contributed by atoms with Crippen LogP contribution in [0.5, 0.6) is 0 Å². The monoisotopic (exact) mass is 172 g/mol. The summed E-state index contributed by atoms with van der Waals surface area (Å²) in [5.74, 6) is -0.385. The van der Waals surface area contributed by atoms with Crippen LogP contribution in [0, 0.1) is 0 Å². The molecule has 0 rings (SSSR count). The van der Waals surface area contributed by atoms with Crippen LogP contribution < -0.4 is 22.1 Å². The fourth-order valence-electron chi connectivity index (χ4n) is 0.517. The van der Waals surface area contributed by atoms with E-state index < -0.39 is 5.91 Å². The average molecular weight is 172 g/mol. The first-order valence-electron chi connectivity index (χ1n) is 3.26. The van der Waals surface area contributed by atoms with E-state index in [1.165, 1.54) is 0 Å². The van der Waals surface area contributed by atoms with Gasteiger partial charge in [-0.3, -0.25) is 9.59 Å². The smallest absolute Gasteiger partial charge is 0.236 e. The summed E-state index contributed by atoms with van der Waals surface area (Å²) in [6.45, 7) is -0.115. The summed E-state index contributed by atoms with van der Waals surface area (Å²) in [5, 5.41) is 5.02. The molecule has 0 aliphatic heterocycles. The predicted molar refractivity (Wildman–Crippen MR) is 43.5 cm³/mol. The second-order valence-electron chi connectivity index (χ2n) is 2.02. The molecule has 0 heterocycles. The molecule has 0 bridgehead atoms. The number of nitrogens with one attached hydrogen (secondary N) is 2. The predicted octanol–water partition coefficient (Wildman–Crippen LogP) is -2.39. The maximum absolute atomic E-state index is 10.3. The normalized spacial score (nSPS) is 11.4. The number of carbonyl (C=O) groups excluding carboxylic acids is 2. The lowest BCUT2D eigenvalue weighted by Gasteiger charge is -2.06. The van der Waals surface area contributed by atoms with Crippen molar-refractivity contribution in [3.05, 3.63) is 11.5 Å². The number of rotatable bonds is 5. The van der Waals surface area contributed by atoms with Gasteiger partial charge in [0.15, 0.2) is 6.29 Å². The molecular weight excluding hydrogens is 160 g/mol. The van der Waals surface area contributed by atoms with Crippen molar-refractivity contribution in [2.75, 3.05) is 13.6 Å². The van der Waals surface area contributed by atoms with E-state index in [1.54, 1.807) is 7.05 Å². The summed E-state index contributed by atoms with van der Waals surface area (Å²) in [4.78, 5) is 20.6. The van der Waals surface area contributed by atoms with Gasteiger partial charge in [0.25, 0.3) is 0 Å². The summed E-state index contributed by atoms with van der Waals surface area (Å²) in [6, 6.07) is 0. The number of primary amides is 1. The molecule has 0 radical (unpaired) electrons. The molecule has 6 nitrogen and oxygen atoms in total. The molecule has 1 amide bonds. The Morgan fingerprint density at radius 1 is 1.50 bits per heavy atom. The Hall–Kier alpha value is -1.72. The first-order chi connectivity index (χ1) is 5.61. The first kappa shape index (κ1) is 10.3. The summed E-state index contributed by atoms with van der Waals surface area (Å²) in [5.41, 5.74) is 10.3. The molecule has 68 valence electrons. The summed E-state index contributed by atoms with van der Waals surface area (Å²) in [7, 11) is 1.56. The van der Waals surface area contributed by atoms with Crippen molar-refractivity contribution >= 4 is 12.2 Å². The molecule has 0 saturated carbocycles. The van der Waals surface area contributed by atoms with Crippen LogP contribution in [-0.2, 0) is 9.59 Å². The van der Waals surface area contributed by atoms with Crippen molar-refractivity contribution in [1.29, 1.82) is 0 Å². The molecule has 0 unspecified atom stereocenters. The first-order valence-corrected chi connectivity index (χ1v) is 3.26. The van der Waals surface area contributed by atoms with Crippen LogP contribution in [0.3, 0.4) is 0 Å². The van der Waals surface area contributed by atoms with E-state index >= 15 is 0 Å². The Kier molecular flexibility index (Phi) is 4.28. The van der Waals surface area contributed by atoms with Crippen molar-refractivity contribution in [2.45, 2.75) is 0 Å². The van der Waals surface area contributed by atoms with Gasteiger partial charge < -0.3 is 22.1 Å². The zero-order valence-electron chi connectivity index (χ0n) is 6.76. The quantitative estimate of drug-likeness (QED) is 0.273. The highest BCUT2D eigenvalue weighted by molar-refractivity contribution is 5.79. The maximum Gasteiger partial charge on any atom is 0.236 e. The van der Waals surface area contributed by atoms with Crippen molar-refractivity contribution in [2.24, 2.45) is 11.5 Å². The second kappa shape index (κ2) is 5.00. The Bertz CT molecular complexity index is 212. The molecule has 0 aliphatic rings. The molecule has 6 N–H and O–H groups in total. The van der Waals surface area contributed by atoms with Gasteiger partial charge in [0, 0.05) is 7.05 Å². The molecule has 0 spiro atoms. The SMILES string of the molecule is CN/C(N)=C(\C=O)NCC(N)=O. The van der Waals surface area contributed by atoms with Crippen LogP contribution in [0.4, 0.5) is 0 Å². The van der Waals surface area contributed by atoms with Gasteiger partial charge in [-0.05, 0) is 0 Å². The molecular formula is C6H12N4O2. The minimum Gasteiger partial charge on any atom is -0.384 e. The molecule has 0 aromatic rings. The number of carbonyl (C=O) groups is 2. The largest absolute Gasteiger partial charge is 0.384 e. The van der Waals surface area contributed by atoms with Crippen LogP contribution in [0.2, 0.25) is 0 Å². The zero-order chi connectivity index (χ0) is 9.56. The van der Waals surface area contributed by atoms with E-state index in [2.05, 4.69) is 10.6 Å². The van der Waals surface area contributed by atoms with Gasteiger partial charge in [0.2, 0.25) is 5.91 Å². The minimum atomic E-state index is -0.557. The topological polar surface area (TPSA) is 110 Å². The highest BCUT2D eigenvalue weighted by Crippen LogP contribution is 1.84. The summed E-state index contributed by atoms with van der Waals surface area (Å²) in [6.07, 6.45) is 0.509. The van der Waals surface area contributed by atoms with E-state index in [-0.39, 0.29) is 18.1 Å². The van der Waals surface area contributed by atoms with Crippen LogP contribution in [0.25, 0.3) is 0 Å². The molecule has 0 aromatic carbocycles. The fraction of sp³-hybridized carbons (Fsp3) is 0.333. The maximum atomic E-state index is 10.3. The third-order valence-electron chi connectivity index (χ3n) is 1.13. The summed E-state index contributed by atoms with van der Waals surface area (Å²) >= 11 is 0. The Morgan fingerprint density at radius 2 is 2.08 bits per heavy atom. The van der Waals surface area contributed by atoms with Gasteiger partial charge in [-0.2, -0.15) is 0 Å². The van der Waals surface area contributed by atoms with E-state index in [1.807, 2.05) is 0 Å². The lowest BCUT2D eigenvalue weighted by molar-refractivity contribution is -0.117. The van der Waals surface area contributed by atoms with Gasteiger partial charge in [0.1, 0.15) is 11.5 Å². The lowest BCUT2D eigenvalue weighted by Crippen LogP contribution is -2.32. The number of hydrogen-bond donors (Lipinski definition) is 4. The Labute approximate surface area is 70.0 Å². The van der Waals surface area contributed by atoms with Gasteiger partial charge in [-0.1, -0.05) is 0 Å². The van der Waals surface area contributed by atoms with Gasteiger partial charge in [0.05, 0.1) is 6.54 Å². The molecule has 0 saturated heterocycles. The van der Waals surface area contributed by atoms with E-state index in [0.717, 1.165) is 0 Å². The van der Waals surface area contributed by atoms with Crippen LogP contribution in [0.1, 0.15) is 0 Å². The van der Waals surface area contributed by atoms with E-state index in [4.69, 9.17) is 11.5 Å². The molecule has 0 aromatic heterocycles. The number of allylic oxidation sites excluding steroid dienone is 1. The Morgan fingerprint density at radius 3 is 2.42 bits per heavy atom. The van der Waals surface area contributed by atoms with E-state index in [9.17, 15) is 9.59 Å². The number of hydrogen-bond acceptors (Lipinski definition) is 5. The van der Waals surface area contributed by atoms with E-state index in [0.29, 0.717) is 6.29 Å². The lowest BCUT2D eigenvalue weighted by atomic mass is 10.4. The van der Waals surface area contributed by atoms with Gasteiger partial charge in [-0.15, -0.1) is 0 Å². The van der Waals surface area contributed by atoms with Crippen molar-refractivity contribution in [3.8, 4) is 0 Å². The van der Waals surface area contributed by atoms with Crippen LogP contribution >= 0.6 is 0 Å². The van der Waals surface area contributed by atoms with Gasteiger partial charge >= 0.3 is 0 Å². The van der Waals surface area contributed by atoms with Gasteiger partial charge in [-0.25, -0.2) is 0 Å². The average Bonchev–Trinajstić information content (AvgIpc) is 2.04. The Balaban J connectivity index is 4.17.